The Labute approximate surface area is 110 Å². The summed E-state index contributed by atoms with van der Waals surface area (Å²) in [5.41, 5.74) is 0.828. The first kappa shape index (κ1) is 13.0. The SMILES string of the molecule is OC1OC2COC(c3ccccc3)O[C@H]2[C@H](O)C1O. The largest absolute Gasteiger partial charge is 0.387 e. The molecule has 4 unspecified atom stereocenters. The van der Waals surface area contributed by atoms with Gasteiger partial charge in [-0.1, -0.05) is 30.3 Å². The second-order valence-corrected chi connectivity index (χ2v) is 4.72. The fourth-order valence-electron chi connectivity index (χ4n) is 2.37. The van der Waals surface area contributed by atoms with Crippen LogP contribution in [0.1, 0.15) is 11.9 Å². The van der Waals surface area contributed by atoms with Crippen molar-refractivity contribution in [1.82, 2.24) is 0 Å². The summed E-state index contributed by atoms with van der Waals surface area (Å²) in [6.07, 6.45) is -5.93. The molecule has 2 heterocycles. The molecule has 3 rings (SSSR count). The molecule has 0 bridgehead atoms. The van der Waals surface area contributed by atoms with Crippen molar-refractivity contribution in [3.63, 3.8) is 0 Å². The van der Waals surface area contributed by atoms with Crippen molar-refractivity contribution in [2.75, 3.05) is 6.61 Å². The molecule has 3 N–H and O–H groups in total. The van der Waals surface area contributed by atoms with E-state index in [9.17, 15) is 15.3 Å². The lowest BCUT2D eigenvalue weighted by Gasteiger charge is -2.45. The van der Waals surface area contributed by atoms with Gasteiger partial charge in [-0.2, -0.15) is 0 Å². The van der Waals surface area contributed by atoms with Gasteiger partial charge in [-0.05, 0) is 0 Å². The van der Waals surface area contributed by atoms with Crippen molar-refractivity contribution in [1.29, 1.82) is 0 Å². The molecule has 2 aliphatic rings. The zero-order valence-electron chi connectivity index (χ0n) is 10.1. The highest BCUT2D eigenvalue weighted by atomic mass is 16.7. The Bertz CT molecular complexity index is 422. The zero-order chi connectivity index (χ0) is 13.4. The van der Waals surface area contributed by atoms with Crippen LogP contribution >= 0.6 is 0 Å². The molecule has 0 radical (unpaired) electrons. The van der Waals surface area contributed by atoms with E-state index in [1.807, 2.05) is 30.3 Å². The predicted octanol–water partition coefficient (Wildman–Crippen LogP) is -0.460. The van der Waals surface area contributed by atoms with E-state index in [0.29, 0.717) is 0 Å². The molecule has 6 heteroatoms. The van der Waals surface area contributed by atoms with Crippen molar-refractivity contribution in [2.24, 2.45) is 0 Å². The molecule has 0 aliphatic carbocycles. The summed E-state index contributed by atoms with van der Waals surface area (Å²) < 4.78 is 16.3. The Morgan fingerprint density at radius 3 is 2.42 bits per heavy atom. The van der Waals surface area contributed by atoms with Crippen molar-refractivity contribution >= 4 is 0 Å². The minimum absolute atomic E-state index is 0.186. The second kappa shape index (κ2) is 5.16. The molecule has 2 saturated heterocycles. The maximum atomic E-state index is 9.94. The van der Waals surface area contributed by atoms with Gasteiger partial charge in [0, 0.05) is 5.56 Å². The third-order valence-electron chi connectivity index (χ3n) is 3.42. The van der Waals surface area contributed by atoms with Gasteiger partial charge in [0.15, 0.2) is 12.6 Å². The molecule has 2 fully saturated rings. The van der Waals surface area contributed by atoms with Gasteiger partial charge in [-0.15, -0.1) is 0 Å². The lowest BCUT2D eigenvalue weighted by atomic mass is 9.98. The smallest absolute Gasteiger partial charge is 0.184 e. The van der Waals surface area contributed by atoms with Crippen LogP contribution in [-0.2, 0) is 14.2 Å². The Balaban J connectivity index is 1.75. The van der Waals surface area contributed by atoms with E-state index in [-0.39, 0.29) is 6.61 Å². The summed E-state index contributed by atoms with van der Waals surface area (Å²) in [6, 6.07) is 9.31. The average molecular weight is 268 g/mol. The number of aliphatic hydroxyl groups is 3. The number of ether oxygens (including phenoxy) is 3. The second-order valence-electron chi connectivity index (χ2n) is 4.72. The molecule has 1 aromatic carbocycles. The van der Waals surface area contributed by atoms with E-state index in [2.05, 4.69) is 0 Å². The van der Waals surface area contributed by atoms with Gasteiger partial charge in [-0.25, -0.2) is 0 Å². The van der Waals surface area contributed by atoms with Crippen LogP contribution in [0, 0.1) is 0 Å². The van der Waals surface area contributed by atoms with Gasteiger partial charge in [0.2, 0.25) is 0 Å². The number of rotatable bonds is 1. The number of aliphatic hydroxyl groups excluding tert-OH is 3. The Kier molecular flexibility index (Phi) is 3.53. The molecular weight excluding hydrogens is 252 g/mol. The topological polar surface area (TPSA) is 88.4 Å². The molecule has 6 nitrogen and oxygen atoms in total. The molecular formula is C13H16O6. The van der Waals surface area contributed by atoms with Crippen LogP contribution < -0.4 is 0 Å². The third-order valence-corrected chi connectivity index (χ3v) is 3.42. The summed E-state index contributed by atoms with van der Waals surface area (Å²) in [7, 11) is 0. The zero-order valence-corrected chi connectivity index (χ0v) is 10.1. The van der Waals surface area contributed by atoms with Crippen LogP contribution in [0.3, 0.4) is 0 Å². The number of hydrogen-bond donors (Lipinski definition) is 3. The van der Waals surface area contributed by atoms with Gasteiger partial charge in [0.25, 0.3) is 0 Å². The van der Waals surface area contributed by atoms with E-state index in [1.54, 1.807) is 0 Å². The molecule has 0 aromatic heterocycles. The fourth-order valence-corrected chi connectivity index (χ4v) is 2.37. The highest BCUT2D eigenvalue weighted by Gasteiger charge is 2.48. The first-order valence-corrected chi connectivity index (χ1v) is 6.18. The first-order valence-electron chi connectivity index (χ1n) is 6.18. The van der Waals surface area contributed by atoms with Crippen LogP contribution in [0.25, 0.3) is 0 Å². The molecule has 0 spiro atoms. The fraction of sp³-hybridized carbons (Fsp3) is 0.538. The molecule has 0 amide bonds. The van der Waals surface area contributed by atoms with Crippen LogP contribution in [0.5, 0.6) is 0 Å². The minimum Gasteiger partial charge on any atom is -0.387 e. The lowest BCUT2D eigenvalue weighted by molar-refractivity contribution is -0.354. The number of benzene rings is 1. The van der Waals surface area contributed by atoms with Crippen LogP contribution in [0.15, 0.2) is 30.3 Å². The van der Waals surface area contributed by atoms with Crippen molar-refractivity contribution in [3.05, 3.63) is 35.9 Å². The Hall–Kier alpha value is -1.02. The van der Waals surface area contributed by atoms with Crippen LogP contribution in [-0.4, -0.2) is 52.6 Å². The van der Waals surface area contributed by atoms with Crippen LogP contribution in [0.2, 0.25) is 0 Å². The summed E-state index contributed by atoms with van der Waals surface area (Å²) >= 11 is 0. The molecule has 19 heavy (non-hydrogen) atoms. The normalized spacial score (nSPS) is 42.7. The van der Waals surface area contributed by atoms with Crippen molar-refractivity contribution in [3.8, 4) is 0 Å². The summed E-state index contributed by atoms with van der Waals surface area (Å²) in [6.45, 7) is 0.186. The highest BCUT2D eigenvalue weighted by Crippen LogP contribution is 2.33. The van der Waals surface area contributed by atoms with Crippen molar-refractivity contribution < 1.29 is 29.5 Å². The van der Waals surface area contributed by atoms with Gasteiger partial charge in [0.05, 0.1) is 6.61 Å². The van der Waals surface area contributed by atoms with Gasteiger partial charge in [0.1, 0.15) is 24.4 Å². The molecule has 2 aliphatic heterocycles. The lowest BCUT2D eigenvalue weighted by Crippen LogP contribution is -2.61. The summed E-state index contributed by atoms with van der Waals surface area (Å²) in [4.78, 5) is 0. The van der Waals surface area contributed by atoms with E-state index < -0.39 is 37.0 Å². The first-order chi connectivity index (χ1) is 9.16. The van der Waals surface area contributed by atoms with E-state index >= 15 is 0 Å². The maximum absolute atomic E-state index is 9.94. The standard InChI is InChI=1S/C13H16O6/c14-9-10(15)12(16)18-8-6-17-13(19-11(8)9)7-4-2-1-3-5-7/h1-5,8-16H,6H2/t8?,9-,10?,11-,12?,13?/m1/s1. The summed E-state index contributed by atoms with van der Waals surface area (Å²) in [5, 5.41) is 29.0. The highest BCUT2D eigenvalue weighted by molar-refractivity contribution is 5.16. The summed E-state index contributed by atoms with van der Waals surface area (Å²) in [5.74, 6) is 0. The quantitative estimate of drug-likeness (QED) is 0.639. The molecule has 1 aromatic rings. The average Bonchev–Trinajstić information content (AvgIpc) is 2.46. The van der Waals surface area contributed by atoms with E-state index in [0.717, 1.165) is 5.56 Å². The van der Waals surface area contributed by atoms with E-state index in [4.69, 9.17) is 14.2 Å². The third kappa shape index (κ3) is 2.38. The van der Waals surface area contributed by atoms with E-state index in [1.165, 1.54) is 0 Å². The molecule has 0 saturated carbocycles. The van der Waals surface area contributed by atoms with Gasteiger partial charge < -0.3 is 29.5 Å². The van der Waals surface area contributed by atoms with Gasteiger partial charge >= 0.3 is 0 Å². The van der Waals surface area contributed by atoms with Crippen LogP contribution in [0.4, 0.5) is 0 Å². The van der Waals surface area contributed by atoms with Crippen molar-refractivity contribution in [2.45, 2.75) is 37.0 Å². The Morgan fingerprint density at radius 2 is 1.68 bits per heavy atom. The maximum Gasteiger partial charge on any atom is 0.184 e. The minimum atomic E-state index is -1.42. The molecule has 104 valence electrons. The Morgan fingerprint density at radius 1 is 0.947 bits per heavy atom. The number of hydrogen-bond acceptors (Lipinski definition) is 6. The number of fused-ring (bicyclic) bond motifs is 1. The van der Waals surface area contributed by atoms with Gasteiger partial charge in [-0.3, -0.25) is 0 Å². The monoisotopic (exact) mass is 268 g/mol. The molecule has 6 atom stereocenters. The predicted molar refractivity (Wildman–Crippen MR) is 62.9 cm³/mol.